The minimum atomic E-state index is -0.426. The van der Waals surface area contributed by atoms with Crippen molar-refractivity contribution in [3.8, 4) is 0 Å². The molecule has 0 amide bonds. The number of rotatable bonds is 5. The third-order valence-electron chi connectivity index (χ3n) is 2.72. The summed E-state index contributed by atoms with van der Waals surface area (Å²) >= 11 is 3.22. The molecule has 9 heteroatoms. The number of aryl methyl sites for hydroxylation is 1. The van der Waals surface area contributed by atoms with E-state index in [9.17, 15) is 9.59 Å². The Morgan fingerprint density at radius 3 is 1.88 bits per heavy atom. The maximum Gasteiger partial charge on any atom is 0.358 e. The van der Waals surface area contributed by atoms with Crippen LogP contribution in [0.3, 0.4) is 0 Å². The van der Waals surface area contributed by atoms with Crippen LogP contribution < -0.4 is 0 Å². The van der Waals surface area contributed by atoms with Crippen molar-refractivity contribution >= 4 is 27.9 Å². The van der Waals surface area contributed by atoms with Crippen LogP contribution in [0.15, 0.2) is 24.8 Å². The van der Waals surface area contributed by atoms with Gasteiger partial charge in [-0.2, -0.15) is 0 Å². The third kappa shape index (κ3) is 6.54. The summed E-state index contributed by atoms with van der Waals surface area (Å²) in [7, 11) is 0. The van der Waals surface area contributed by atoms with Gasteiger partial charge in [0.25, 0.3) is 0 Å². The van der Waals surface area contributed by atoms with Gasteiger partial charge in [0.1, 0.15) is 0 Å². The van der Waals surface area contributed by atoms with Crippen molar-refractivity contribution in [2.24, 2.45) is 0 Å². The van der Waals surface area contributed by atoms with E-state index in [-0.39, 0.29) is 5.69 Å². The molecule has 0 fully saturated rings. The van der Waals surface area contributed by atoms with Crippen LogP contribution in [0, 0.1) is 6.92 Å². The fourth-order valence-electron chi connectivity index (χ4n) is 1.64. The summed E-state index contributed by atoms with van der Waals surface area (Å²) in [5.41, 5.74) is 1.76. The molecular formula is C16H19BrN4O4. The number of carbonyl (C=O) groups is 2. The van der Waals surface area contributed by atoms with Crippen LogP contribution in [0.1, 0.15) is 46.2 Å². The molecule has 25 heavy (non-hydrogen) atoms. The molecule has 0 bridgehead atoms. The Kier molecular flexibility index (Phi) is 9.23. The zero-order chi connectivity index (χ0) is 18.7. The van der Waals surface area contributed by atoms with E-state index in [0.717, 1.165) is 0 Å². The Morgan fingerprint density at radius 1 is 0.880 bits per heavy atom. The van der Waals surface area contributed by atoms with Gasteiger partial charge in [0, 0.05) is 30.1 Å². The first-order valence-corrected chi connectivity index (χ1v) is 8.64. The highest BCUT2D eigenvalue weighted by molar-refractivity contribution is 9.08. The van der Waals surface area contributed by atoms with Crippen LogP contribution in [0.2, 0.25) is 0 Å². The van der Waals surface area contributed by atoms with E-state index in [0.29, 0.717) is 35.6 Å². The van der Waals surface area contributed by atoms with Gasteiger partial charge >= 0.3 is 11.9 Å². The summed E-state index contributed by atoms with van der Waals surface area (Å²) in [6.07, 6.45) is 6.02. The van der Waals surface area contributed by atoms with Crippen LogP contribution in [0.5, 0.6) is 0 Å². The molecule has 2 aromatic rings. The lowest BCUT2D eigenvalue weighted by Crippen LogP contribution is -2.10. The van der Waals surface area contributed by atoms with Gasteiger partial charge in [-0.3, -0.25) is 9.97 Å². The average molecular weight is 411 g/mol. The fourth-order valence-corrected chi connectivity index (χ4v) is 2.05. The number of halogens is 1. The van der Waals surface area contributed by atoms with Crippen molar-refractivity contribution in [1.82, 2.24) is 19.9 Å². The number of aromatic nitrogens is 4. The van der Waals surface area contributed by atoms with Crippen LogP contribution in [0.4, 0.5) is 0 Å². The van der Waals surface area contributed by atoms with Crippen LogP contribution in [0.25, 0.3) is 0 Å². The highest BCUT2D eigenvalue weighted by Crippen LogP contribution is 2.07. The summed E-state index contributed by atoms with van der Waals surface area (Å²) in [4.78, 5) is 38.1. The third-order valence-corrected chi connectivity index (χ3v) is 3.25. The minimum Gasteiger partial charge on any atom is -0.461 e. The molecule has 0 aliphatic heterocycles. The number of alkyl halides is 1. The second-order valence-corrected chi connectivity index (χ2v) is 4.98. The van der Waals surface area contributed by atoms with Gasteiger partial charge in [-0.25, -0.2) is 19.6 Å². The smallest absolute Gasteiger partial charge is 0.358 e. The predicted octanol–water partition coefficient (Wildman–Crippen LogP) is 2.51. The SMILES string of the molecule is CCOC(=O)c1nccnc1C.CCOC(=O)c1nccnc1CBr. The van der Waals surface area contributed by atoms with Gasteiger partial charge in [0.15, 0.2) is 11.4 Å². The van der Waals surface area contributed by atoms with Crippen molar-refractivity contribution in [3.63, 3.8) is 0 Å². The Hall–Kier alpha value is -2.42. The molecule has 0 aliphatic carbocycles. The second-order valence-electron chi connectivity index (χ2n) is 4.42. The first-order chi connectivity index (χ1) is 12.0. The molecule has 0 unspecified atom stereocenters. The van der Waals surface area contributed by atoms with Crippen molar-refractivity contribution < 1.29 is 19.1 Å². The van der Waals surface area contributed by atoms with Gasteiger partial charge in [-0.1, -0.05) is 15.9 Å². The molecule has 2 heterocycles. The zero-order valence-corrected chi connectivity index (χ0v) is 15.8. The first-order valence-electron chi connectivity index (χ1n) is 7.52. The number of hydrogen-bond donors (Lipinski definition) is 0. The molecule has 0 saturated carbocycles. The van der Waals surface area contributed by atoms with Gasteiger partial charge in [0.05, 0.1) is 24.6 Å². The molecule has 0 aromatic carbocycles. The van der Waals surface area contributed by atoms with Crippen molar-refractivity contribution in [2.45, 2.75) is 26.1 Å². The molecule has 2 rings (SSSR count). The number of nitrogens with zero attached hydrogens (tertiary/aromatic N) is 4. The standard InChI is InChI=1S/C8H9BrN2O2.C8H10N2O2/c1-2-13-8(12)7-6(5-9)10-3-4-11-7;1-3-12-8(11)7-6(2)9-4-5-10-7/h3-4H,2,5H2,1H3;4-5H,3H2,1-2H3. The van der Waals surface area contributed by atoms with E-state index < -0.39 is 11.9 Å². The zero-order valence-electron chi connectivity index (χ0n) is 14.2. The number of carbonyl (C=O) groups excluding carboxylic acids is 2. The maximum atomic E-state index is 11.3. The van der Waals surface area contributed by atoms with E-state index in [1.165, 1.54) is 18.6 Å². The molecule has 8 nitrogen and oxygen atoms in total. The van der Waals surface area contributed by atoms with Crippen molar-refractivity contribution in [3.05, 3.63) is 47.6 Å². The van der Waals surface area contributed by atoms with Crippen LogP contribution in [-0.2, 0) is 14.8 Å². The monoisotopic (exact) mass is 410 g/mol. The van der Waals surface area contributed by atoms with Gasteiger partial charge in [-0.05, 0) is 20.8 Å². The van der Waals surface area contributed by atoms with Gasteiger partial charge in [0.2, 0.25) is 0 Å². The summed E-state index contributed by atoms with van der Waals surface area (Å²) in [6.45, 7) is 5.93. The molecular weight excluding hydrogens is 392 g/mol. The van der Waals surface area contributed by atoms with Crippen LogP contribution in [-0.4, -0.2) is 45.1 Å². The molecule has 0 saturated heterocycles. The fraction of sp³-hybridized carbons (Fsp3) is 0.375. The summed E-state index contributed by atoms with van der Waals surface area (Å²) in [5.74, 6) is -0.840. The lowest BCUT2D eigenvalue weighted by atomic mass is 10.3. The molecule has 0 spiro atoms. The number of esters is 2. The van der Waals surface area contributed by atoms with Gasteiger partial charge in [-0.15, -0.1) is 0 Å². The van der Waals surface area contributed by atoms with E-state index in [1.807, 2.05) is 0 Å². The van der Waals surface area contributed by atoms with Gasteiger partial charge < -0.3 is 9.47 Å². The maximum absolute atomic E-state index is 11.3. The Balaban J connectivity index is 0.000000251. The predicted molar refractivity (Wildman–Crippen MR) is 93.3 cm³/mol. The molecule has 0 aliphatic rings. The largest absolute Gasteiger partial charge is 0.461 e. The number of hydrogen-bond acceptors (Lipinski definition) is 8. The summed E-state index contributed by atoms with van der Waals surface area (Å²) in [6, 6.07) is 0. The topological polar surface area (TPSA) is 104 Å². The van der Waals surface area contributed by atoms with Crippen LogP contribution >= 0.6 is 15.9 Å². The quantitative estimate of drug-likeness (QED) is 0.546. The minimum absolute atomic E-state index is 0.279. The lowest BCUT2D eigenvalue weighted by Gasteiger charge is -2.03. The first kappa shape index (κ1) is 20.6. The molecule has 0 radical (unpaired) electrons. The highest BCUT2D eigenvalue weighted by Gasteiger charge is 2.13. The Morgan fingerprint density at radius 2 is 1.36 bits per heavy atom. The highest BCUT2D eigenvalue weighted by atomic mass is 79.9. The average Bonchev–Trinajstić information content (AvgIpc) is 2.63. The van der Waals surface area contributed by atoms with E-state index in [4.69, 9.17) is 9.47 Å². The Labute approximate surface area is 154 Å². The normalized spacial score (nSPS) is 9.60. The summed E-state index contributed by atoms with van der Waals surface area (Å²) < 4.78 is 9.58. The summed E-state index contributed by atoms with van der Waals surface area (Å²) in [5, 5.41) is 0.495. The molecule has 134 valence electrons. The molecule has 0 N–H and O–H groups in total. The van der Waals surface area contributed by atoms with Crippen molar-refractivity contribution in [2.75, 3.05) is 13.2 Å². The van der Waals surface area contributed by atoms with E-state index in [1.54, 1.807) is 27.0 Å². The van der Waals surface area contributed by atoms with E-state index >= 15 is 0 Å². The molecule has 2 aromatic heterocycles. The number of ether oxygens (including phenoxy) is 2. The van der Waals surface area contributed by atoms with E-state index in [2.05, 4.69) is 35.9 Å². The lowest BCUT2D eigenvalue weighted by molar-refractivity contribution is 0.0508. The Bertz CT molecular complexity index is 712. The molecule has 0 atom stereocenters. The second kappa shape index (κ2) is 11.2. The van der Waals surface area contributed by atoms with Crippen molar-refractivity contribution in [1.29, 1.82) is 0 Å².